The van der Waals surface area contributed by atoms with Crippen molar-refractivity contribution in [3.8, 4) is 11.5 Å². The molecule has 0 amide bonds. The van der Waals surface area contributed by atoms with Crippen molar-refractivity contribution in [2.45, 2.75) is 25.8 Å². The van der Waals surface area contributed by atoms with Gasteiger partial charge >= 0.3 is 0 Å². The van der Waals surface area contributed by atoms with Crippen molar-refractivity contribution in [2.75, 3.05) is 26.2 Å². The molecule has 0 aliphatic carbocycles. The van der Waals surface area contributed by atoms with Gasteiger partial charge in [-0.25, -0.2) is 0 Å². The van der Waals surface area contributed by atoms with E-state index >= 15 is 0 Å². The molecule has 20 heavy (non-hydrogen) atoms. The van der Waals surface area contributed by atoms with E-state index < -0.39 is 0 Å². The van der Waals surface area contributed by atoms with E-state index in [-0.39, 0.29) is 42.4 Å². The van der Waals surface area contributed by atoms with Gasteiger partial charge in [-0.1, -0.05) is 25.5 Å². The number of phenols is 2. The van der Waals surface area contributed by atoms with Crippen LogP contribution in [0.3, 0.4) is 0 Å². The molecule has 1 heterocycles. The maximum absolute atomic E-state index is 10.0. The Bertz CT molecular complexity index is 399. The number of rotatable bonds is 4. The zero-order valence-corrected chi connectivity index (χ0v) is 13.3. The Hall–Kier alpha value is -0.680. The molecule has 1 aliphatic heterocycles. The minimum Gasteiger partial charge on any atom is -0.504 e. The van der Waals surface area contributed by atoms with E-state index in [2.05, 4.69) is 17.1 Å². The molecule has 0 bridgehead atoms. The van der Waals surface area contributed by atoms with Crippen LogP contribution in [0.25, 0.3) is 0 Å². The molecular weight excluding hydrogens is 299 g/mol. The minimum atomic E-state index is -0.0243. The topological polar surface area (TPSA) is 55.7 Å². The second-order valence-electron chi connectivity index (χ2n) is 4.81. The molecule has 116 valence electrons. The van der Waals surface area contributed by atoms with Gasteiger partial charge in [0.15, 0.2) is 11.5 Å². The van der Waals surface area contributed by atoms with Crippen LogP contribution in [0.1, 0.15) is 31.4 Å². The molecular formula is C14H24Cl2N2O2. The average molecular weight is 323 g/mol. The van der Waals surface area contributed by atoms with Crippen molar-refractivity contribution < 1.29 is 10.2 Å². The Morgan fingerprint density at radius 2 is 1.85 bits per heavy atom. The fraction of sp³-hybridized carbons (Fsp3) is 0.571. The molecule has 1 aliphatic rings. The summed E-state index contributed by atoms with van der Waals surface area (Å²) < 4.78 is 0. The molecule has 1 saturated heterocycles. The summed E-state index contributed by atoms with van der Waals surface area (Å²) in [7, 11) is 0. The molecule has 0 radical (unpaired) electrons. The monoisotopic (exact) mass is 322 g/mol. The summed E-state index contributed by atoms with van der Waals surface area (Å²) in [5, 5.41) is 23.0. The molecule has 2 rings (SSSR count). The number of hydrogen-bond acceptors (Lipinski definition) is 4. The number of para-hydroxylation sites is 1. The van der Waals surface area contributed by atoms with Gasteiger partial charge in [0.2, 0.25) is 0 Å². The van der Waals surface area contributed by atoms with Crippen LogP contribution in [0, 0.1) is 0 Å². The number of aromatic hydroxyl groups is 2. The van der Waals surface area contributed by atoms with Crippen LogP contribution in [-0.4, -0.2) is 41.3 Å². The summed E-state index contributed by atoms with van der Waals surface area (Å²) in [6.07, 6.45) is 2.06. The van der Waals surface area contributed by atoms with Crippen molar-refractivity contribution in [3.05, 3.63) is 23.8 Å². The van der Waals surface area contributed by atoms with Crippen molar-refractivity contribution >= 4 is 24.8 Å². The molecule has 1 fully saturated rings. The molecule has 0 unspecified atom stereocenters. The lowest BCUT2D eigenvalue weighted by Gasteiger charge is -2.35. The Morgan fingerprint density at radius 1 is 1.20 bits per heavy atom. The van der Waals surface area contributed by atoms with Crippen molar-refractivity contribution in [1.29, 1.82) is 0 Å². The van der Waals surface area contributed by atoms with Crippen LogP contribution >= 0.6 is 24.8 Å². The molecule has 0 spiro atoms. The lowest BCUT2D eigenvalue weighted by molar-refractivity contribution is 0.161. The van der Waals surface area contributed by atoms with Gasteiger partial charge in [0, 0.05) is 37.8 Å². The van der Waals surface area contributed by atoms with Gasteiger partial charge in [-0.2, -0.15) is 0 Å². The third-order valence-corrected chi connectivity index (χ3v) is 3.56. The summed E-state index contributed by atoms with van der Waals surface area (Å²) in [5.41, 5.74) is 0.846. The van der Waals surface area contributed by atoms with Crippen molar-refractivity contribution in [2.24, 2.45) is 0 Å². The number of piperazine rings is 1. The number of benzene rings is 1. The zero-order valence-electron chi connectivity index (χ0n) is 11.7. The predicted molar refractivity (Wildman–Crippen MR) is 86.4 cm³/mol. The van der Waals surface area contributed by atoms with E-state index in [1.54, 1.807) is 6.07 Å². The second-order valence-corrected chi connectivity index (χ2v) is 4.81. The Balaban J connectivity index is 0.00000180. The van der Waals surface area contributed by atoms with Gasteiger partial charge in [-0.05, 0) is 12.5 Å². The third-order valence-electron chi connectivity index (χ3n) is 3.56. The molecule has 1 aromatic carbocycles. The highest BCUT2D eigenvalue weighted by Gasteiger charge is 2.24. The quantitative estimate of drug-likeness (QED) is 0.746. The van der Waals surface area contributed by atoms with Crippen LogP contribution in [0.2, 0.25) is 0 Å². The first-order chi connectivity index (χ1) is 8.74. The summed E-state index contributed by atoms with van der Waals surface area (Å²) >= 11 is 0. The maximum Gasteiger partial charge on any atom is 0.162 e. The van der Waals surface area contributed by atoms with Crippen molar-refractivity contribution in [1.82, 2.24) is 10.2 Å². The maximum atomic E-state index is 10.0. The summed E-state index contributed by atoms with van der Waals surface area (Å²) in [6, 6.07) is 5.44. The number of phenolic OH excluding ortho intramolecular Hbond substituents is 2. The van der Waals surface area contributed by atoms with E-state index in [0.29, 0.717) is 0 Å². The summed E-state index contributed by atoms with van der Waals surface area (Å²) in [4.78, 5) is 2.38. The first kappa shape index (κ1) is 19.3. The van der Waals surface area contributed by atoms with Crippen LogP contribution in [0.4, 0.5) is 0 Å². The van der Waals surface area contributed by atoms with Crippen LogP contribution < -0.4 is 5.32 Å². The molecule has 0 saturated carbocycles. The predicted octanol–water partition coefficient (Wildman–Crippen LogP) is 2.69. The van der Waals surface area contributed by atoms with E-state index in [1.165, 1.54) is 6.07 Å². The van der Waals surface area contributed by atoms with Gasteiger partial charge in [-0.15, -0.1) is 24.8 Å². The van der Waals surface area contributed by atoms with Gasteiger partial charge in [-0.3, -0.25) is 4.90 Å². The summed E-state index contributed by atoms with van der Waals surface area (Å²) in [5.74, 6) is 0.0122. The highest BCUT2D eigenvalue weighted by atomic mass is 35.5. The number of nitrogens with one attached hydrogen (secondary N) is 1. The van der Waals surface area contributed by atoms with Gasteiger partial charge < -0.3 is 15.5 Å². The van der Waals surface area contributed by atoms with E-state index in [1.807, 2.05) is 6.07 Å². The van der Waals surface area contributed by atoms with Crippen LogP contribution in [0.5, 0.6) is 11.5 Å². The molecule has 4 nitrogen and oxygen atoms in total. The Labute approximate surface area is 133 Å². The van der Waals surface area contributed by atoms with Crippen molar-refractivity contribution in [3.63, 3.8) is 0 Å². The fourth-order valence-corrected chi connectivity index (χ4v) is 2.62. The van der Waals surface area contributed by atoms with Gasteiger partial charge in [0.1, 0.15) is 0 Å². The molecule has 0 aromatic heterocycles. The number of halogens is 2. The van der Waals surface area contributed by atoms with Gasteiger partial charge in [0.25, 0.3) is 0 Å². The average Bonchev–Trinajstić information content (AvgIpc) is 2.41. The second kappa shape index (κ2) is 9.29. The summed E-state index contributed by atoms with van der Waals surface area (Å²) in [6.45, 7) is 6.09. The van der Waals surface area contributed by atoms with E-state index in [4.69, 9.17) is 0 Å². The first-order valence-electron chi connectivity index (χ1n) is 6.69. The van der Waals surface area contributed by atoms with Gasteiger partial charge in [0.05, 0.1) is 0 Å². The Morgan fingerprint density at radius 3 is 2.45 bits per heavy atom. The molecule has 1 aromatic rings. The van der Waals surface area contributed by atoms with Crippen LogP contribution in [-0.2, 0) is 0 Å². The zero-order chi connectivity index (χ0) is 13.0. The van der Waals surface area contributed by atoms with Crippen LogP contribution in [0.15, 0.2) is 18.2 Å². The third kappa shape index (κ3) is 4.42. The first-order valence-corrected chi connectivity index (χ1v) is 6.69. The highest BCUT2D eigenvalue weighted by Crippen LogP contribution is 2.37. The number of nitrogens with zero attached hydrogens (tertiary/aromatic N) is 1. The van der Waals surface area contributed by atoms with E-state index in [9.17, 15) is 10.2 Å². The molecule has 1 atom stereocenters. The normalized spacial score (nSPS) is 16.9. The Kier molecular flexibility index (Phi) is 8.98. The molecule has 3 N–H and O–H groups in total. The van der Waals surface area contributed by atoms with E-state index in [0.717, 1.165) is 44.6 Å². The highest BCUT2D eigenvalue weighted by molar-refractivity contribution is 5.85. The lowest BCUT2D eigenvalue weighted by atomic mass is 9.98. The minimum absolute atomic E-state index is 0. The SMILES string of the molecule is CCC[C@@H](c1cccc(O)c1O)N1CCNCC1.Cl.Cl. The largest absolute Gasteiger partial charge is 0.504 e. The lowest BCUT2D eigenvalue weighted by Crippen LogP contribution is -2.45. The number of hydrogen-bond donors (Lipinski definition) is 3. The standard InChI is InChI=1S/C14H22N2O2.2ClH/c1-2-4-12(16-9-7-15-8-10-16)11-5-3-6-13(17)14(11)18;;/h3,5-6,12,15,17-18H,2,4,7-10H2,1H3;2*1H/t12-;;/m0../s1. The molecule has 6 heteroatoms. The smallest absolute Gasteiger partial charge is 0.162 e. The fourth-order valence-electron chi connectivity index (χ4n) is 2.62.